The van der Waals surface area contributed by atoms with E-state index in [-0.39, 0.29) is 0 Å². The standard InChI is InChI=1S/C12H11N3O4/c16-11(17)6-15(7-12(18)19)10-5-13-14-9-4-2-1-3-8(9)10/h1-5H,6-7H2,(H,16,17)(H,18,19). The van der Waals surface area contributed by atoms with Gasteiger partial charge in [-0.15, -0.1) is 0 Å². The fraction of sp³-hybridized carbons (Fsp3) is 0.167. The van der Waals surface area contributed by atoms with Gasteiger partial charge in [0, 0.05) is 5.39 Å². The summed E-state index contributed by atoms with van der Waals surface area (Å²) in [5.41, 5.74) is 1.02. The van der Waals surface area contributed by atoms with Crippen molar-refractivity contribution in [2.24, 2.45) is 0 Å². The molecule has 0 saturated carbocycles. The van der Waals surface area contributed by atoms with Crippen molar-refractivity contribution in [3.8, 4) is 0 Å². The summed E-state index contributed by atoms with van der Waals surface area (Å²) in [6, 6.07) is 7.02. The Labute approximate surface area is 108 Å². The van der Waals surface area contributed by atoms with E-state index < -0.39 is 25.0 Å². The Morgan fingerprint density at radius 1 is 1.11 bits per heavy atom. The van der Waals surface area contributed by atoms with Crippen LogP contribution in [0.25, 0.3) is 10.9 Å². The van der Waals surface area contributed by atoms with Crippen LogP contribution in [0.2, 0.25) is 0 Å². The van der Waals surface area contributed by atoms with E-state index >= 15 is 0 Å². The second-order valence-corrected chi connectivity index (χ2v) is 3.89. The zero-order valence-electron chi connectivity index (χ0n) is 9.85. The quantitative estimate of drug-likeness (QED) is 0.812. The normalized spacial score (nSPS) is 10.3. The summed E-state index contributed by atoms with van der Waals surface area (Å²) in [4.78, 5) is 22.9. The topological polar surface area (TPSA) is 104 Å². The third kappa shape index (κ3) is 2.95. The maximum atomic E-state index is 10.8. The first-order chi connectivity index (χ1) is 9.08. The summed E-state index contributed by atoms with van der Waals surface area (Å²) >= 11 is 0. The van der Waals surface area contributed by atoms with Crippen molar-refractivity contribution in [3.63, 3.8) is 0 Å². The van der Waals surface area contributed by atoms with E-state index in [1.54, 1.807) is 24.3 Å². The number of anilines is 1. The van der Waals surface area contributed by atoms with Crippen LogP contribution >= 0.6 is 0 Å². The van der Waals surface area contributed by atoms with Gasteiger partial charge in [-0.1, -0.05) is 18.2 Å². The van der Waals surface area contributed by atoms with Gasteiger partial charge >= 0.3 is 11.9 Å². The van der Waals surface area contributed by atoms with Crippen molar-refractivity contribution in [1.82, 2.24) is 10.2 Å². The lowest BCUT2D eigenvalue weighted by atomic mass is 10.2. The number of benzene rings is 1. The molecule has 7 heteroatoms. The zero-order valence-corrected chi connectivity index (χ0v) is 9.85. The molecule has 0 aliphatic carbocycles. The minimum atomic E-state index is -1.11. The van der Waals surface area contributed by atoms with E-state index in [2.05, 4.69) is 10.2 Å². The number of hydrogen-bond acceptors (Lipinski definition) is 5. The van der Waals surface area contributed by atoms with Gasteiger partial charge in [0.15, 0.2) is 0 Å². The largest absolute Gasteiger partial charge is 0.480 e. The summed E-state index contributed by atoms with van der Waals surface area (Å²) in [6.45, 7) is -0.829. The highest BCUT2D eigenvalue weighted by molar-refractivity contribution is 5.93. The number of carbonyl (C=O) groups is 2. The van der Waals surface area contributed by atoms with Gasteiger partial charge < -0.3 is 15.1 Å². The fourth-order valence-electron chi connectivity index (χ4n) is 1.80. The molecular formula is C12H11N3O4. The van der Waals surface area contributed by atoms with Crippen LogP contribution in [-0.2, 0) is 9.59 Å². The van der Waals surface area contributed by atoms with E-state index in [1.807, 2.05) is 0 Å². The minimum Gasteiger partial charge on any atom is -0.480 e. The maximum Gasteiger partial charge on any atom is 0.323 e. The Kier molecular flexibility index (Phi) is 3.56. The average molecular weight is 261 g/mol. The molecule has 98 valence electrons. The van der Waals surface area contributed by atoms with Crippen LogP contribution in [0.4, 0.5) is 5.69 Å². The molecule has 2 N–H and O–H groups in total. The molecule has 0 spiro atoms. The average Bonchev–Trinajstić information content (AvgIpc) is 2.36. The molecule has 0 amide bonds. The number of carboxylic acids is 2. The molecule has 0 saturated heterocycles. The van der Waals surface area contributed by atoms with Crippen LogP contribution in [0.5, 0.6) is 0 Å². The molecule has 1 aromatic heterocycles. The molecule has 2 aromatic rings. The summed E-state index contributed by atoms with van der Waals surface area (Å²) in [5.74, 6) is -2.22. The third-order valence-electron chi connectivity index (χ3n) is 2.52. The molecule has 0 radical (unpaired) electrons. The zero-order chi connectivity index (χ0) is 13.8. The Balaban J connectivity index is 2.48. The lowest BCUT2D eigenvalue weighted by Crippen LogP contribution is -2.34. The number of rotatable bonds is 5. The van der Waals surface area contributed by atoms with E-state index in [1.165, 1.54) is 11.1 Å². The fourth-order valence-corrected chi connectivity index (χ4v) is 1.80. The molecule has 0 bridgehead atoms. The second kappa shape index (κ2) is 5.30. The van der Waals surface area contributed by atoms with Crippen molar-refractivity contribution in [2.45, 2.75) is 0 Å². The molecule has 0 aliphatic rings. The highest BCUT2D eigenvalue weighted by Crippen LogP contribution is 2.23. The lowest BCUT2D eigenvalue weighted by Gasteiger charge is -2.21. The minimum absolute atomic E-state index is 0.415. The highest BCUT2D eigenvalue weighted by atomic mass is 16.4. The van der Waals surface area contributed by atoms with Gasteiger partial charge in [0.25, 0.3) is 0 Å². The molecule has 2 rings (SSSR count). The molecule has 0 unspecified atom stereocenters. The van der Waals surface area contributed by atoms with E-state index in [4.69, 9.17) is 10.2 Å². The molecule has 7 nitrogen and oxygen atoms in total. The Bertz CT molecular complexity index is 608. The number of aliphatic carboxylic acids is 2. The number of carboxylic acid groups (broad SMARTS) is 2. The predicted octanol–water partition coefficient (Wildman–Crippen LogP) is 0.605. The monoisotopic (exact) mass is 261 g/mol. The number of aromatic nitrogens is 2. The van der Waals surface area contributed by atoms with Crippen molar-refractivity contribution < 1.29 is 19.8 Å². The summed E-state index contributed by atoms with van der Waals surface area (Å²) in [7, 11) is 0. The van der Waals surface area contributed by atoms with Crippen LogP contribution in [0.3, 0.4) is 0 Å². The van der Waals surface area contributed by atoms with Crippen molar-refractivity contribution >= 4 is 28.5 Å². The van der Waals surface area contributed by atoms with Gasteiger partial charge in [-0.3, -0.25) is 9.59 Å². The van der Waals surface area contributed by atoms with Gasteiger partial charge in [-0.2, -0.15) is 10.2 Å². The Morgan fingerprint density at radius 3 is 2.37 bits per heavy atom. The highest BCUT2D eigenvalue weighted by Gasteiger charge is 2.17. The molecule has 0 atom stereocenters. The number of nitrogens with zero attached hydrogens (tertiary/aromatic N) is 3. The van der Waals surface area contributed by atoms with E-state index in [0.29, 0.717) is 16.6 Å². The van der Waals surface area contributed by atoms with Crippen molar-refractivity contribution in [1.29, 1.82) is 0 Å². The second-order valence-electron chi connectivity index (χ2n) is 3.89. The number of hydrogen-bond donors (Lipinski definition) is 2. The maximum absolute atomic E-state index is 10.8. The Hall–Kier alpha value is -2.70. The molecule has 1 heterocycles. The summed E-state index contributed by atoms with van der Waals surface area (Å²) in [6.07, 6.45) is 1.37. The van der Waals surface area contributed by atoms with Gasteiger partial charge in [0.2, 0.25) is 0 Å². The smallest absolute Gasteiger partial charge is 0.323 e. The predicted molar refractivity (Wildman–Crippen MR) is 67.0 cm³/mol. The van der Waals surface area contributed by atoms with Crippen LogP contribution < -0.4 is 4.90 Å². The molecule has 1 aromatic carbocycles. The molecular weight excluding hydrogens is 250 g/mol. The van der Waals surface area contributed by atoms with Crippen LogP contribution in [0, 0.1) is 0 Å². The summed E-state index contributed by atoms with van der Waals surface area (Å²) < 4.78 is 0. The third-order valence-corrected chi connectivity index (χ3v) is 2.52. The van der Waals surface area contributed by atoms with Gasteiger partial charge in [-0.05, 0) is 6.07 Å². The lowest BCUT2D eigenvalue weighted by molar-refractivity contribution is -0.136. The first-order valence-corrected chi connectivity index (χ1v) is 5.47. The van der Waals surface area contributed by atoms with Gasteiger partial charge in [0.05, 0.1) is 17.4 Å². The Morgan fingerprint density at radius 2 is 1.74 bits per heavy atom. The molecule has 0 fully saturated rings. The SMILES string of the molecule is O=C(O)CN(CC(=O)O)c1cnnc2ccccc12. The number of fused-ring (bicyclic) bond motifs is 1. The molecule has 19 heavy (non-hydrogen) atoms. The van der Waals surface area contributed by atoms with Gasteiger partial charge in [-0.25, -0.2) is 0 Å². The van der Waals surface area contributed by atoms with Crippen LogP contribution in [-0.4, -0.2) is 45.4 Å². The summed E-state index contributed by atoms with van der Waals surface area (Å²) in [5, 5.41) is 26.1. The van der Waals surface area contributed by atoms with E-state index in [0.717, 1.165) is 0 Å². The van der Waals surface area contributed by atoms with Crippen molar-refractivity contribution in [3.05, 3.63) is 30.5 Å². The first kappa shape index (κ1) is 12.7. The van der Waals surface area contributed by atoms with Gasteiger partial charge in [0.1, 0.15) is 13.1 Å². The van der Waals surface area contributed by atoms with Crippen molar-refractivity contribution in [2.75, 3.05) is 18.0 Å². The van der Waals surface area contributed by atoms with E-state index in [9.17, 15) is 9.59 Å². The van der Waals surface area contributed by atoms with Crippen LogP contribution in [0.1, 0.15) is 0 Å². The van der Waals surface area contributed by atoms with Crippen LogP contribution in [0.15, 0.2) is 30.5 Å². The molecule has 0 aliphatic heterocycles. The first-order valence-electron chi connectivity index (χ1n) is 5.47.